The molecule has 1 aromatic heterocycles. The Bertz CT molecular complexity index is 926. The first-order valence-electron chi connectivity index (χ1n) is 10.9. The number of carbonyl (C=O) groups excluding carboxylic acids is 2. The van der Waals surface area contributed by atoms with Crippen LogP contribution >= 0.6 is 11.3 Å². The minimum atomic E-state index is -1.07. The number of amides is 2. The van der Waals surface area contributed by atoms with Crippen LogP contribution in [0.4, 0.5) is 5.69 Å². The molecule has 1 atom stereocenters. The molecular weight excluding hydrogens is 412 g/mol. The summed E-state index contributed by atoms with van der Waals surface area (Å²) >= 11 is 1.10. The van der Waals surface area contributed by atoms with Crippen molar-refractivity contribution >= 4 is 34.8 Å². The first-order valence-corrected chi connectivity index (χ1v) is 11.7. The predicted molar refractivity (Wildman–Crippen MR) is 122 cm³/mol. The Morgan fingerprint density at radius 1 is 1.23 bits per heavy atom. The molecule has 0 bridgehead atoms. The van der Waals surface area contributed by atoms with Crippen molar-refractivity contribution in [2.75, 3.05) is 18.5 Å². The van der Waals surface area contributed by atoms with Crippen molar-refractivity contribution in [2.24, 2.45) is 17.3 Å². The highest BCUT2D eigenvalue weighted by molar-refractivity contribution is 7.15. The van der Waals surface area contributed by atoms with Crippen molar-refractivity contribution in [3.05, 3.63) is 15.8 Å². The van der Waals surface area contributed by atoms with E-state index in [2.05, 4.69) is 18.8 Å². The summed E-state index contributed by atoms with van der Waals surface area (Å²) in [6, 6.07) is 1.36. The number of anilines is 1. The molecule has 31 heavy (non-hydrogen) atoms. The van der Waals surface area contributed by atoms with Gasteiger partial charge in [0.05, 0.1) is 16.6 Å². The number of hydrogen-bond donors (Lipinski definition) is 1. The van der Waals surface area contributed by atoms with Gasteiger partial charge in [-0.3, -0.25) is 9.59 Å². The highest BCUT2D eigenvalue weighted by Gasteiger charge is 2.40. The zero-order chi connectivity index (χ0) is 22.9. The number of rotatable bonds is 4. The summed E-state index contributed by atoms with van der Waals surface area (Å²) in [6.07, 6.45) is 3.80. The first kappa shape index (κ1) is 23.3. The Morgan fingerprint density at radius 2 is 1.87 bits per heavy atom. The molecule has 1 aliphatic carbocycles. The molecule has 2 fully saturated rings. The fourth-order valence-corrected chi connectivity index (χ4v) is 5.08. The third-order valence-electron chi connectivity index (χ3n) is 6.02. The Morgan fingerprint density at radius 3 is 2.39 bits per heavy atom. The average molecular weight is 445 g/mol. The summed E-state index contributed by atoms with van der Waals surface area (Å²) in [5.41, 5.74) is 0.162. The molecule has 1 saturated carbocycles. The Labute approximate surface area is 188 Å². The molecule has 2 heterocycles. The molecule has 0 radical (unpaired) electrons. The topological polar surface area (TPSA) is 77.9 Å². The van der Waals surface area contributed by atoms with E-state index in [1.54, 1.807) is 22.9 Å². The number of carboxylic acids is 1. The van der Waals surface area contributed by atoms with Crippen LogP contribution in [0.1, 0.15) is 74.3 Å². The zero-order valence-corrected chi connectivity index (χ0v) is 19.8. The smallest absolute Gasteiger partial charge is 0.348 e. The van der Waals surface area contributed by atoms with Gasteiger partial charge in [-0.15, -0.1) is 11.3 Å². The van der Waals surface area contributed by atoms with Gasteiger partial charge in [0.25, 0.3) is 0 Å². The molecule has 168 valence electrons. The van der Waals surface area contributed by atoms with Crippen LogP contribution in [0.5, 0.6) is 0 Å². The lowest BCUT2D eigenvalue weighted by Gasteiger charge is -2.34. The third-order valence-corrected chi connectivity index (χ3v) is 7.04. The molecule has 0 aromatic carbocycles. The molecule has 6 nitrogen and oxygen atoms in total. The lowest BCUT2D eigenvalue weighted by molar-refractivity contribution is -0.126. The summed E-state index contributed by atoms with van der Waals surface area (Å²) < 4.78 is 0. The summed E-state index contributed by atoms with van der Waals surface area (Å²) in [7, 11) is 1.72. The standard InChI is InChI=1S/C24H32N2O4S/c1-15-6-8-16(9-7-15)22(28)26(17-12-20(27)25(5)14-17)19-13-18(10-11-24(2,3)4)31-21(19)23(29)30/h13,15-17H,6-9,12,14H2,1-5H3,(H,29,30). The molecule has 1 aromatic rings. The van der Waals surface area contributed by atoms with Crippen LogP contribution in [0.2, 0.25) is 0 Å². The van der Waals surface area contributed by atoms with Crippen LogP contribution in [0, 0.1) is 29.1 Å². The van der Waals surface area contributed by atoms with Gasteiger partial charge in [-0.2, -0.15) is 0 Å². The molecule has 2 aliphatic rings. The first-order chi connectivity index (χ1) is 14.5. The average Bonchev–Trinajstić information content (AvgIpc) is 3.24. The molecule has 7 heteroatoms. The molecule has 1 saturated heterocycles. The summed E-state index contributed by atoms with van der Waals surface area (Å²) in [5.74, 6) is 5.52. The van der Waals surface area contributed by atoms with Crippen molar-refractivity contribution < 1.29 is 19.5 Å². The van der Waals surface area contributed by atoms with Gasteiger partial charge in [0.2, 0.25) is 11.8 Å². The van der Waals surface area contributed by atoms with Gasteiger partial charge in [0.1, 0.15) is 4.88 Å². The fraction of sp³-hybridized carbons (Fsp3) is 0.625. The van der Waals surface area contributed by atoms with Crippen molar-refractivity contribution in [3.8, 4) is 11.8 Å². The fourth-order valence-electron chi connectivity index (χ4n) is 4.24. The maximum absolute atomic E-state index is 13.7. The monoisotopic (exact) mass is 444 g/mol. The van der Waals surface area contributed by atoms with Crippen molar-refractivity contribution in [1.29, 1.82) is 0 Å². The van der Waals surface area contributed by atoms with Crippen LogP contribution in [-0.2, 0) is 9.59 Å². The van der Waals surface area contributed by atoms with E-state index in [0.717, 1.165) is 37.0 Å². The van der Waals surface area contributed by atoms with Gasteiger partial charge in [-0.05, 0) is 58.4 Å². The van der Waals surface area contributed by atoms with Gasteiger partial charge in [0.15, 0.2) is 0 Å². The minimum Gasteiger partial charge on any atom is -0.477 e. The largest absolute Gasteiger partial charge is 0.477 e. The molecule has 1 unspecified atom stereocenters. The number of hydrogen-bond acceptors (Lipinski definition) is 4. The van der Waals surface area contributed by atoms with Crippen LogP contribution in [-0.4, -0.2) is 47.4 Å². The number of likely N-dealkylation sites (tertiary alicyclic amines) is 1. The van der Waals surface area contributed by atoms with E-state index < -0.39 is 5.97 Å². The van der Waals surface area contributed by atoms with Crippen LogP contribution in [0.25, 0.3) is 0 Å². The van der Waals surface area contributed by atoms with Gasteiger partial charge in [-0.25, -0.2) is 4.79 Å². The van der Waals surface area contributed by atoms with E-state index >= 15 is 0 Å². The maximum Gasteiger partial charge on any atom is 0.348 e. The molecule has 0 spiro atoms. The van der Waals surface area contributed by atoms with Crippen molar-refractivity contribution in [2.45, 2.75) is 65.8 Å². The molecule has 1 aliphatic heterocycles. The lowest BCUT2D eigenvalue weighted by Crippen LogP contribution is -2.46. The van der Waals surface area contributed by atoms with Gasteiger partial charge in [0, 0.05) is 31.3 Å². The normalized spacial score (nSPS) is 24.0. The number of aromatic carboxylic acids is 1. The minimum absolute atomic E-state index is 0.0279. The molecule has 3 rings (SSSR count). The molecule has 1 N–H and O–H groups in total. The number of carboxylic acid groups (broad SMARTS) is 1. The zero-order valence-electron chi connectivity index (χ0n) is 19.0. The highest BCUT2D eigenvalue weighted by atomic mass is 32.1. The molecule has 2 amide bonds. The number of thiophene rings is 1. The number of likely N-dealkylation sites (N-methyl/N-ethyl adjacent to an activating group) is 1. The van der Waals surface area contributed by atoms with Crippen LogP contribution < -0.4 is 4.90 Å². The lowest BCUT2D eigenvalue weighted by atomic mass is 9.82. The second-order valence-electron chi connectivity index (χ2n) is 9.93. The van der Waals surface area contributed by atoms with E-state index in [4.69, 9.17) is 0 Å². The Hall–Kier alpha value is -2.33. The quantitative estimate of drug-likeness (QED) is 0.705. The summed E-state index contributed by atoms with van der Waals surface area (Å²) in [6.45, 7) is 8.59. The van der Waals surface area contributed by atoms with Gasteiger partial charge < -0.3 is 14.9 Å². The van der Waals surface area contributed by atoms with Crippen LogP contribution in [0.3, 0.4) is 0 Å². The molecular formula is C24H32N2O4S. The van der Waals surface area contributed by atoms with E-state index in [-0.39, 0.29) is 40.5 Å². The Balaban J connectivity index is 2.03. The number of nitrogens with zero attached hydrogens (tertiary/aromatic N) is 2. The second kappa shape index (κ2) is 9.04. The summed E-state index contributed by atoms with van der Waals surface area (Å²) in [5, 5.41) is 9.88. The third kappa shape index (κ3) is 5.48. The van der Waals surface area contributed by atoms with Crippen molar-refractivity contribution in [1.82, 2.24) is 4.90 Å². The van der Waals surface area contributed by atoms with E-state index in [0.29, 0.717) is 23.0 Å². The SMILES string of the molecule is CC1CCC(C(=O)N(c2cc(C#CC(C)(C)C)sc2C(=O)O)C2CC(=O)N(C)C2)CC1. The highest BCUT2D eigenvalue weighted by Crippen LogP contribution is 2.37. The predicted octanol–water partition coefficient (Wildman–Crippen LogP) is 4.23. The van der Waals surface area contributed by atoms with Crippen LogP contribution in [0.15, 0.2) is 6.07 Å². The van der Waals surface area contributed by atoms with E-state index in [9.17, 15) is 19.5 Å². The second-order valence-corrected chi connectivity index (χ2v) is 11.0. The van der Waals surface area contributed by atoms with E-state index in [1.165, 1.54) is 0 Å². The van der Waals surface area contributed by atoms with Gasteiger partial charge >= 0.3 is 5.97 Å². The van der Waals surface area contributed by atoms with Crippen molar-refractivity contribution in [3.63, 3.8) is 0 Å². The summed E-state index contributed by atoms with van der Waals surface area (Å²) in [4.78, 5) is 42.0. The van der Waals surface area contributed by atoms with E-state index in [1.807, 2.05) is 20.8 Å². The Kier molecular flexibility index (Phi) is 6.80. The number of carbonyl (C=O) groups is 3. The maximum atomic E-state index is 13.7. The van der Waals surface area contributed by atoms with Gasteiger partial charge in [-0.1, -0.05) is 18.8 Å².